The average molecular weight is 221 g/mol. The van der Waals surface area contributed by atoms with Gasteiger partial charge in [-0.25, -0.2) is 4.39 Å². The minimum atomic E-state index is -1.19. The Balaban J connectivity index is 2.11. The first-order valence-corrected chi connectivity index (χ1v) is 6.03. The Bertz CT molecular complexity index is 349. The van der Waals surface area contributed by atoms with Crippen molar-refractivity contribution in [2.24, 2.45) is 17.6 Å². The predicted molar refractivity (Wildman–Crippen MR) is 65.0 cm³/mol. The molecule has 88 valence electrons. The van der Waals surface area contributed by atoms with E-state index < -0.39 is 5.67 Å². The molecule has 0 amide bonds. The van der Waals surface area contributed by atoms with Gasteiger partial charge in [-0.05, 0) is 23.8 Å². The summed E-state index contributed by atoms with van der Waals surface area (Å²) in [5.41, 5.74) is 5.67. The van der Waals surface area contributed by atoms with Crippen molar-refractivity contribution in [2.45, 2.75) is 31.9 Å². The normalized spacial score (nSPS) is 27.8. The van der Waals surface area contributed by atoms with E-state index in [0.717, 1.165) is 6.42 Å². The number of hydrogen-bond acceptors (Lipinski definition) is 1. The zero-order valence-electron chi connectivity index (χ0n) is 9.99. The summed E-state index contributed by atoms with van der Waals surface area (Å²) in [4.78, 5) is 0. The Hall–Kier alpha value is -0.890. The lowest BCUT2D eigenvalue weighted by Crippen LogP contribution is -2.41. The Morgan fingerprint density at radius 1 is 1.38 bits per heavy atom. The molecule has 3 atom stereocenters. The second-order valence-electron chi connectivity index (χ2n) is 5.14. The van der Waals surface area contributed by atoms with E-state index in [0.29, 0.717) is 5.92 Å². The lowest BCUT2D eigenvalue weighted by molar-refractivity contribution is 0.0807. The van der Waals surface area contributed by atoms with Crippen LogP contribution < -0.4 is 5.73 Å². The van der Waals surface area contributed by atoms with E-state index in [1.54, 1.807) is 0 Å². The molecule has 1 fully saturated rings. The predicted octanol–water partition coefficient (Wildman–Crippen LogP) is 3.11. The molecule has 1 aliphatic rings. The van der Waals surface area contributed by atoms with Crippen molar-refractivity contribution in [1.29, 1.82) is 0 Å². The molecule has 3 unspecified atom stereocenters. The maximum absolute atomic E-state index is 14.6. The molecule has 0 radical (unpaired) electrons. The summed E-state index contributed by atoms with van der Waals surface area (Å²) in [7, 11) is 0. The molecule has 0 aromatic heterocycles. The molecule has 1 saturated carbocycles. The molecule has 0 bridgehead atoms. The molecule has 0 spiro atoms. The molecular weight excluding hydrogens is 201 g/mol. The van der Waals surface area contributed by atoms with Gasteiger partial charge >= 0.3 is 0 Å². The van der Waals surface area contributed by atoms with Crippen molar-refractivity contribution in [3.63, 3.8) is 0 Å². The van der Waals surface area contributed by atoms with Crippen molar-refractivity contribution in [3.05, 3.63) is 35.9 Å². The quantitative estimate of drug-likeness (QED) is 0.830. The lowest BCUT2D eigenvalue weighted by Gasteiger charge is -2.28. The van der Waals surface area contributed by atoms with E-state index in [1.165, 1.54) is 5.56 Å². The summed E-state index contributed by atoms with van der Waals surface area (Å²) in [6.45, 7) is 3.99. The zero-order valence-corrected chi connectivity index (χ0v) is 9.99. The highest BCUT2D eigenvalue weighted by Crippen LogP contribution is 2.56. The molecule has 0 heterocycles. The third kappa shape index (κ3) is 1.86. The van der Waals surface area contributed by atoms with Crippen molar-refractivity contribution < 1.29 is 4.39 Å². The van der Waals surface area contributed by atoms with Crippen LogP contribution in [0.4, 0.5) is 4.39 Å². The summed E-state index contributed by atoms with van der Waals surface area (Å²) in [5.74, 6) is 0.480. The Morgan fingerprint density at radius 3 is 2.50 bits per heavy atom. The van der Waals surface area contributed by atoms with Gasteiger partial charge in [0.1, 0.15) is 5.67 Å². The Labute approximate surface area is 96.9 Å². The number of alkyl halides is 1. The fraction of sp³-hybridized carbons (Fsp3) is 0.571. The van der Waals surface area contributed by atoms with Gasteiger partial charge in [-0.3, -0.25) is 0 Å². The van der Waals surface area contributed by atoms with E-state index in [4.69, 9.17) is 5.73 Å². The molecule has 0 aliphatic heterocycles. The van der Waals surface area contributed by atoms with Crippen LogP contribution in [0.15, 0.2) is 30.3 Å². The molecule has 2 rings (SSSR count). The van der Waals surface area contributed by atoms with Crippen LogP contribution in [0.25, 0.3) is 0 Å². The number of hydrogen-bond donors (Lipinski definition) is 1. The largest absolute Gasteiger partial charge is 0.328 e. The Kier molecular flexibility index (Phi) is 3.02. The third-order valence-electron chi connectivity index (χ3n) is 3.91. The number of benzene rings is 1. The topological polar surface area (TPSA) is 26.0 Å². The van der Waals surface area contributed by atoms with Gasteiger partial charge in [0.05, 0.1) is 0 Å². The molecule has 1 aromatic rings. The standard InChI is InChI=1S/C14H20FN/c1-10(2)14(15,9-16)13-8-12(13)11-6-4-3-5-7-11/h3-7,10,12-13H,8-9,16H2,1-2H3. The van der Waals surface area contributed by atoms with E-state index in [2.05, 4.69) is 12.1 Å². The SMILES string of the molecule is CC(C)C(F)(CN)C1CC1c1ccccc1. The van der Waals surface area contributed by atoms with Gasteiger partial charge in [-0.2, -0.15) is 0 Å². The highest BCUT2D eigenvalue weighted by molar-refractivity contribution is 5.28. The molecule has 16 heavy (non-hydrogen) atoms. The van der Waals surface area contributed by atoms with E-state index >= 15 is 0 Å². The number of nitrogens with two attached hydrogens (primary N) is 1. The number of rotatable bonds is 4. The second kappa shape index (κ2) is 4.17. The zero-order chi connectivity index (χ0) is 11.8. The van der Waals surface area contributed by atoms with Gasteiger partial charge in [-0.15, -0.1) is 0 Å². The van der Waals surface area contributed by atoms with Crippen LogP contribution in [0.3, 0.4) is 0 Å². The summed E-state index contributed by atoms with van der Waals surface area (Å²) in [6.07, 6.45) is 0.940. The van der Waals surface area contributed by atoms with Gasteiger partial charge in [0, 0.05) is 12.5 Å². The van der Waals surface area contributed by atoms with Crippen molar-refractivity contribution in [3.8, 4) is 0 Å². The highest BCUT2D eigenvalue weighted by atomic mass is 19.1. The first-order valence-electron chi connectivity index (χ1n) is 6.03. The minimum absolute atomic E-state index is 0.00351. The van der Waals surface area contributed by atoms with Crippen LogP contribution in [-0.4, -0.2) is 12.2 Å². The summed E-state index contributed by atoms with van der Waals surface area (Å²) in [6, 6.07) is 10.2. The van der Waals surface area contributed by atoms with Crippen LogP contribution in [0.1, 0.15) is 31.7 Å². The fourth-order valence-electron chi connectivity index (χ4n) is 2.61. The van der Waals surface area contributed by atoms with Crippen molar-refractivity contribution in [1.82, 2.24) is 0 Å². The number of halogens is 1. The smallest absolute Gasteiger partial charge is 0.128 e. The summed E-state index contributed by atoms with van der Waals surface area (Å²) >= 11 is 0. The minimum Gasteiger partial charge on any atom is -0.328 e. The molecule has 2 heteroatoms. The van der Waals surface area contributed by atoms with Gasteiger partial charge < -0.3 is 5.73 Å². The highest BCUT2D eigenvalue weighted by Gasteiger charge is 2.54. The van der Waals surface area contributed by atoms with Crippen LogP contribution in [0, 0.1) is 11.8 Å². The van der Waals surface area contributed by atoms with Crippen LogP contribution in [-0.2, 0) is 0 Å². The molecule has 2 N–H and O–H groups in total. The molecule has 1 nitrogen and oxygen atoms in total. The maximum Gasteiger partial charge on any atom is 0.128 e. The average Bonchev–Trinajstić information content (AvgIpc) is 3.09. The van der Waals surface area contributed by atoms with Gasteiger partial charge in [0.25, 0.3) is 0 Å². The molecule has 1 aromatic carbocycles. The van der Waals surface area contributed by atoms with Gasteiger partial charge in [0.2, 0.25) is 0 Å². The monoisotopic (exact) mass is 221 g/mol. The summed E-state index contributed by atoms with van der Waals surface area (Å²) in [5, 5.41) is 0. The molecule has 0 saturated heterocycles. The summed E-state index contributed by atoms with van der Waals surface area (Å²) < 4.78 is 14.6. The van der Waals surface area contributed by atoms with E-state index in [9.17, 15) is 4.39 Å². The van der Waals surface area contributed by atoms with E-state index in [1.807, 2.05) is 32.0 Å². The lowest BCUT2D eigenvalue weighted by atomic mass is 9.85. The Morgan fingerprint density at radius 2 is 2.00 bits per heavy atom. The van der Waals surface area contributed by atoms with Crippen LogP contribution >= 0.6 is 0 Å². The van der Waals surface area contributed by atoms with Crippen molar-refractivity contribution in [2.75, 3.05) is 6.54 Å². The second-order valence-corrected chi connectivity index (χ2v) is 5.14. The first kappa shape index (κ1) is 11.6. The van der Waals surface area contributed by atoms with Crippen LogP contribution in [0.2, 0.25) is 0 Å². The maximum atomic E-state index is 14.6. The first-order chi connectivity index (χ1) is 7.59. The van der Waals surface area contributed by atoms with Gasteiger partial charge in [-0.1, -0.05) is 44.2 Å². The van der Waals surface area contributed by atoms with Crippen LogP contribution in [0.5, 0.6) is 0 Å². The fourth-order valence-corrected chi connectivity index (χ4v) is 2.61. The molecule has 1 aliphatic carbocycles. The molecular formula is C14H20FN. The van der Waals surface area contributed by atoms with E-state index in [-0.39, 0.29) is 18.4 Å². The van der Waals surface area contributed by atoms with Crippen molar-refractivity contribution >= 4 is 0 Å². The van der Waals surface area contributed by atoms with Gasteiger partial charge in [0.15, 0.2) is 0 Å². The third-order valence-corrected chi connectivity index (χ3v) is 3.91.